The Morgan fingerprint density at radius 3 is 3.00 bits per heavy atom. The third-order valence-corrected chi connectivity index (χ3v) is 2.14. The highest BCUT2D eigenvalue weighted by Gasteiger charge is 2.11. The number of benzene rings is 1. The fraction of sp³-hybridized carbons (Fsp3) is 0.143. The molecule has 2 rings (SSSR count). The average Bonchev–Trinajstić information content (AvgIpc) is 2.34. The van der Waals surface area contributed by atoms with Gasteiger partial charge in [-0.1, -0.05) is 15.9 Å². The van der Waals surface area contributed by atoms with Gasteiger partial charge in [0, 0.05) is 4.47 Å². The number of hydrogen-bond donors (Lipinski definition) is 3. The summed E-state index contributed by atoms with van der Waals surface area (Å²) in [6, 6.07) is 3.89. The average molecular weight is 214 g/mol. The molecule has 0 fully saturated rings. The van der Waals surface area contributed by atoms with E-state index in [2.05, 4.69) is 26.6 Å². The molecule has 4 N–H and O–H groups in total. The Hall–Kier alpha value is -0.900. The van der Waals surface area contributed by atoms with Gasteiger partial charge in [0.25, 0.3) is 0 Å². The lowest BCUT2D eigenvalue weighted by Gasteiger charge is -2.02. The number of halogens is 1. The molecule has 0 spiro atoms. The Morgan fingerprint density at radius 2 is 2.18 bits per heavy atom. The van der Waals surface area contributed by atoms with Crippen molar-refractivity contribution in [3.8, 4) is 0 Å². The maximum Gasteiger partial charge on any atom is 0.0851 e. The number of nitrogens with one attached hydrogen (secondary N) is 2. The first-order valence-electron chi connectivity index (χ1n) is 3.34. The second-order valence-corrected chi connectivity index (χ2v) is 3.36. The number of nitrogen functional groups attached to an aromatic ring is 1. The first-order valence-corrected chi connectivity index (χ1v) is 4.13. The van der Waals surface area contributed by atoms with E-state index in [4.69, 9.17) is 5.73 Å². The van der Waals surface area contributed by atoms with Gasteiger partial charge in [0.05, 0.1) is 23.7 Å². The van der Waals surface area contributed by atoms with Crippen LogP contribution in [0.4, 0.5) is 17.1 Å². The molecule has 1 aromatic rings. The van der Waals surface area contributed by atoms with Gasteiger partial charge in [0.15, 0.2) is 0 Å². The summed E-state index contributed by atoms with van der Waals surface area (Å²) in [7, 11) is 0. The van der Waals surface area contributed by atoms with E-state index in [1.54, 1.807) is 0 Å². The number of fused-ring (bicyclic) bond motifs is 1. The monoisotopic (exact) mass is 213 g/mol. The van der Waals surface area contributed by atoms with Gasteiger partial charge in [-0.25, -0.2) is 0 Å². The third kappa shape index (κ3) is 1.03. The second-order valence-electron chi connectivity index (χ2n) is 2.45. The van der Waals surface area contributed by atoms with Crippen LogP contribution in [0.1, 0.15) is 0 Å². The summed E-state index contributed by atoms with van der Waals surface area (Å²) in [5, 5.41) is 6.30. The van der Waals surface area contributed by atoms with Gasteiger partial charge in [-0.3, -0.25) is 0 Å². The number of hydrogen-bond acceptors (Lipinski definition) is 3. The third-order valence-electron chi connectivity index (χ3n) is 1.68. The van der Waals surface area contributed by atoms with Gasteiger partial charge in [-0.15, -0.1) is 0 Å². The van der Waals surface area contributed by atoms with E-state index < -0.39 is 0 Å². The molecule has 0 atom stereocenters. The minimum Gasteiger partial charge on any atom is -0.397 e. The lowest BCUT2D eigenvalue weighted by atomic mass is 10.2. The minimum absolute atomic E-state index is 0.760. The summed E-state index contributed by atoms with van der Waals surface area (Å²) in [6.07, 6.45) is 0. The Labute approximate surface area is 73.1 Å². The molecule has 0 unspecified atom stereocenters. The van der Waals surface area contributed by atoms with Gasteiger partial charge >= 0.3 is 0 Å². The molecule has 0 saturated heterocycles. The zero-order valence-electron chi connectivity index (χ0n) is 5.82. The van der Waals surface area contributed by atoms with Crippen molar-refractivity contribution >= 4 is 33.0 Å². The minimum atomic E-state index is 0.760. The number of rotatable bonds is 0. The van der Waals surface area contributed by atoms with Crippen molar-refractivity contribution in [1.29, 1.82) is 0 Å². The molecule has 0 saturated carbocycles. The van der Waals surface area contributed by atoms with Crippen LogP contribution in [0.3, 0.4) is 0 Å². The van der Waals surface area contributed by atoms with E-state index in [9.17, 15) is 0 Å². The van der Waals surface area contributed by atoms with E-state index in [1.807, 2.05) is 12.1 Å². The Bertz CT molecular complexity index is 298. The van der Waals surface area contributed by atoms with Gasteiger partial charge in [-0.05, 0) is 12.1 Å². The summed E-state index contributed by atoms with van der Waals surface area (Å²) < 4.78 is 1.00. The van der Waals surface area contributed by atoms with Crippen molar-refractivity contribution in [1.82, 2.24) is 0 Å². The van der Waals surface area contributed by atoms with Crippen molar-refractivity contribution in [3.05, 3.63) is 16.6 Å². The van der Waals surface area contributed by atoms with Crippen LogP contribution in [0.2, 0.25) is 0 Å². The van der Waals surface area contributed by atoms with E-state index in [0.717, 1.165) is 28.2 Å². The van der Waals surface area contributed by atoms with Crippen LogP contribution in [-0.4, -0.2) is 6.67 Å². The van der Waals surface area contributed by atoms with Crippen LogP contribution in [-0.2, 0) is 0 Å². The van der Waals surface area contributed by atoms with Crippen molar-refractivity contribution in [2.45, 2.75) is 0 Å². The fourth-order valence-corrected chi connectivity index (χ4v) is 1.67. The summed E-state index contributed by atoms with van der Waals surface area (Å²) >= 11 is 3.37. The van der Waals surface area contributed by atoms with Crippen LogP contribution in [0.25, 0.3) is 0 Å². The van der Waals surface area contributed by atoms with Crippen LogP contribution >= 0.6 is 15.9 Å². The molecule has 0 radical (unpaired) electrons. The maximum atomic E-state index is 5.74. The van der Waals surface area contributed by atoms with Crippen molar-refractivity contribution in [2.75, 3.05) is 23.0 Å². The van der Waals surface area contributed by atoms with E-state index in [-0.39, 0.29) is 0 Å². The summed E-state index contributed by atoms with van der Waals surface area (Å²) in [4.78, 5) is 0. The largest absolute Gasteiger partial charge is 0.397 e. The molecule has 1 aromatic carbocycles. The standard InChI is InChI=1S/C7H8BrN3/c8-4-1-5(9)7-6(2-4)10-3-11-7/h1-2,10-11H,3,9H2. The first-order chi connectivity index (χ1) is 5.27. The molecule has 0 bridgehead atoms. The SMILES string of the molecule is Nc1cc(Br)cc2c1NCN2. The molecule has 1 aliphatic rings. The number of anilines is 3. The number of nitrogens with two attached hydrogens (primary N) is 1. The quantitative estimate of drug-likeness (QED) is 0.577. The first kappa shape index (κ1) is 6.79. The molecule has 0 aromatic heterocycles. The normalized spacial score (nSPS) is 13.5. The highest BCUT2D eigenvalue weighted by Crippen LogP contribution is 2.34. The predicted octanol–water partition coefficient (Wildman–Crippen LogP) is 1.83. The van der Waals surface area contributed by atoms with Crippen LogP contribution < -0.4 is 16.4 Å². The highest BCUT2D eigenvalue weighted by molar-refractivity contribution is 9.10. The zero-order valence-corrected chi connectivity index (χ0v) is 7.40. The van der Waals surface area contributed by atoms with E-state index in [1.165, 1.54) is 0 Å². The summed E-state index contributed by atoms with van der Waals surface area (Å²) in [5.74, 6) is 0. The van der Waals surface area contributed by atoms with Gasteiger partial charge < -0.3 is 16.4 Å². The zero-order chi connectivity index (χ0) is 7.84. The molecule has 3 nitrogen and oxygen atoms in total. The molecule has 4 heteroatoms. The lowest BCUT2D eigenvalue weighted by Crippen LogP contribution is -1.99. The molecule has 0 amide bonds. The molecular weight excluding hydrogens is 206 g/mol. The molecule has 58 valence electrons. The Balaban J connectivity index is 2.60. The second kappa shape index (κ2) is 2.30. The van der Waals surface area contributed by atoms with Crippen molar-refractivity contribution in [3.63, 3.8) is 0 Å². The molecule has 1 heterocycles. The summed E-state index contributed by atoms with van der Waals surface area (Å²) in [5.41, 5.74) is 8.59. The lowest BCUT2D eigenvalue weighted by molar-refractivity contribution is 1.31. The van der Waals surface area contributed by atoms with E-state index >= 15 is 0 Å². The van der Waals surface area contributed by atoms with Gasteiger partial charge in [0.2, 0.25) is 0 Å². The van der Waals surface area contributed by atoms with Crippen molar-refractivity contribution < 1.29 is 0 Å². The van der Waals surface area contributed by atoms with Crippen LogP contribution in [0, 0.1) is 0 Å². The molecule has 1 aliphatic heterocycles. The van der Waals surface area contributed by atoms with Gasteiger partial charge in [-0.2, -0.15) is 0 Å². The van der Waals surface area contributed by atoms with E-state index in [0.29, 0.717) is 0 Å². The van der Waals surface area contributed by atoms with Gasteiger partial charge in [0.1, 0.15) is 0 Å². The Kier molecular flexibility index (Phi) is 1.42. The van der Waals surface area contributed by atoms with Crippen LogP contribution in [0.15, 0.2) is 16.6 Å². The molecule has 0 aliphatic carbocycles. The molecule has 11 heavy (non-hydrogen) atoms. The Morgan fingerprint density at radius 1 is 1.36 bits per heavy atom. The topological polar surface area (TPSA) is 50.1 Å². The highest BCUT2D eigenvalue weighted by atomic mass is 79.9. The molecular formula is C7H8BrN3. The predicted molar refractivity (Wildman–Crippen MR) is 50.7 cm³/mol. The smallest absolute Gasteiger partial charge is 0.0851 e. The summed E-state index contributed by atoms with van der Waals surface area (Å²) in [6.45, 7) is 0.760. The van der Waals surface area contributed by atoms with Crippen LogP contribution in [0.5, 0.6) is 0 Å². The van der Waals surface area contributed by atoms with Crippen molar-refractivity contribution in [2.24, 2.45) is 0 Å². The maximum absolute atomic E-state index is 5.74. The fourth-order valence-electron chi connectivity index (χ4n) is 1.19.